The lowest BCUT2D eigenvalue weighted by Crippen LogP contribution is -2.05. The molecule has 1 N–H and O–H groups in total. The Morgan fingerprint density at radius 2 is 2.43 bits per heavy atom. The molecule has 0 saturated heterocycles. The van der Waals surface area contributed by atoms with Crippen LogP contribution in [-0.4, -0.2) is 14.9 Å². The molecular weight excluding hydrogens is 264 g/mol. The third-order valence-electron chi connectivity index (χ3n) is 2.04. The van der Waals surface area contributed by atoms with Gasteiger partial charge in [-0.1, -0.05) is 0 Å². The van der Waals surface area contributed by atoms with Gasteiger partial charge in [0.25, 0.3) is 0 Å². The summed E-state index contributed by atoms with van der Waals surface area (Å²) >= 11 is 4.93. The number of aryl methyl sites for hydroxylation is 1. The Bertz CT molecular complexity index is 437. The molecule has 0 saturated carbocycles. The van der Waals surface area contributed by atoms with E-state index in [-0.39, 0.29) is 0 Å². The quantitative estimate of drug-likeness (QED) is 0.911. The number of aromatic nitrogens is 2. The molecular formula is C9H9BrN2OS. The van der Waals surface area contributed by atoms with Gasteiger partial charge in [-0.3, -0.25) is 4.68 Å². The van der Waals surface area contributed by atoms with Gasteiger partial charge in [0, 0.05) is 13.2 Å². The maximum Gasteiger partial charge on any atom is 0.121 e. The highest BCUT2D eigenvalue weighted by atomic mass is 79.9. The van der Waals surface area contributed by atoms with Crippen molar-refractivity contribution in [3.63, 3.8) is 0 Å². The number of hydrogen-bond donors (Lipinski definition) is 1. The molecule has 0 bridgehead atoms. The largest absolute Gasteiger partial charge is 0.382 e. The van der Waals surface area contributed by atoms with Crippen LogP contribution in [0.1, 0.15) is 17.4 Å². The molecule has 2 rings (SSSR count). The normalized spacial score (nSPS) is 13.1. The van der Waals surface area contributed by atoms with Crippen LogP contribution in [0.25, 0.3) is 0 Å². The van der Waals surface area contributed by atoms with Crippen LogP contribution in [0.4, 0.5) is 0 Å². The molecule has 2 aromatic rings. The van der Waals surface area contributed by atoms with Gasteiger partial charge in [-0.05, 0) is 39.0 Å². The van der Waals surface area contributed by atoms with Crippen molar-refractivity contribution in [2.45, 2.75) is 6.10 Å². The van der Waals surface area contributed by atoms with E-state index < -0.39 is 6.10 Å². The average molecular weight is 273 g/mol. The highest BCUT2D eigenvalue weighted by molar-refractivity contribution is 9.11. The monoisotopic (exact) mass is 272 g/mol. The van der Waals surface area contributed by atoms with Crippen LogP contribution in [0, 0.1) is 0 Å². The molecule has 0 fully saturated rings. The number of aliphatic hydroxyl groups excluding tert-OH is 1. The van der Waals surface area contributed by atoms with Crippen molar-refractivity contribution in [1.82, 2.24) is 9.78 Å². The maximum absolute atomic E-state index is 10.00. The van der Waals surface area contributed by atoms with E-state index in [9.17, 15) is 5.11 Å². The second kappa shape index (κ2) is 3.84. The van der Waals surface area contributed by atoms with E-state index in [1.54, 1.807) is 22.2 Å². The van der Waals surface area contributed by atoms with Crippen LogP contribution in [-0.2, 0) is 7.05 Å². The molecule has 0 radical (unpaired) electrons. The molecule has 74 valence electrons. The number of rotatable bonds is 2. The van der Waals surface area contributed by atoms with Gasteiger partial charge < -0.3 is 5.11 Å². The van der Waals surface area contributed by atoms with Crippen LogP contribution in [0.15, 0.2) is 27.5 Å². The zero-order valence-corrected chi connectivity index (χ0v) is 9.92. The molecule has 1 atom stereocenters. The summed E-state index contributed by atoms with van der Waals surface area (Å²) in [5.41, 5.74) is 1.70. The van der Waals surface area contributed by atoms with Gasteiger partial charge in [-0.25, -0.2) is 0 Å². The molecule has 0 spiro atoms. The summed E-state index contributed by atoms with van der Waals surface area (Å²) in [4.78, 5) is 0. The Balaban J connectivity index is 2.33. The first kappa shape index (κ1) is 9.89. The first-order valence-electron chi connectivity index (χ1n) is 4.08. The Morgan fingerprint density at radius 3 is 2.93 bits per heavy atom. The third-order valence-corrected chi connectivity index (χ3v) is 3.57. The molecule has 0 aliphatic heterocycles. The van der Waals surface area contributed by atoms with E-state index in [1.807, 2.05) is 24.6 Å². The van der Waals surface area contributed by atoms with Crippen molar-refractivity contribution < 1.29 is 5.11 Å². The maximum atomic E-state index is 10.00. The topological polar surface area (TPSA) is 38.0 Å². The zero-order valence-electron chi connectivity index (χ0n) is 7.51. The SMILES string of the molecule is Cn1nccc1C(O)c1csc(Br)c1. The number of aliphatic hydroxyl groups is 1. The molecule has 14 heavy (non-hydrogen) atoms. The van der Waals surface area contributed by atoms with Crippen molar-refractivity contribution in [3.8, 4) is 0 Å². The lowest BCUT2D eigenvalue weighted by atomic mass is 10.1. The standard InChI is InChI=1S/C9H9BrN2OS/c1-12-7(2-3-11-12)9(13)6-4-8(10)14-5-6/h2-5,9,13H,1H3. The van der Waals surface area contributed by atoms with Crippen LogP contribution in [0.2, 0.25) is 0 Å². The smallest absolute Gasteiger partial charge is 0.121 e. The minimum Gasteiger partial charge on any atom is -0.382 e. The fourth-order valence-electron chi connectivity index (χ4n) is 1.29. The zero-order chi connectivity index (χ0) is 10.1. The molecule has 3 nitrogen and oxygen atoms in total. The van der Waals surface area contributed by atoms with Gasteiger partial charge in [0.2, 0.25) is 0 Å². The van der Waals surface area contributed by atoms with Gasteiger partial charge in [-0.15, -0.1) is 11.3 Å². The Kier molecular flexibility index (Phi) is 2.71. The van der Waals surface area contributed by atoms with Crippen molar-refractivity contribution in [2.75, 3.05) is 0 Å². The fourth-order valence-corrected chi connectivity index (χ4v) is 2.48. The Hall–Kier alpha value is -0.650. The molecule has 0 aliphatic carbocycles. The predicted octanol–water partition coefficient (Wildman–Crippen LogP) is 2.33. The van der Waals surface area contributed by atoms with Crippen molar-refractivity contribution in [3.05, 3.63) is 38.8 Å². The highest BCUT2D eigenvalue weighted by Gasteiger charge is 2.14. The summed E-state index contributed by atoms with van der Waals surface area (Å²) in [6.45, 7) is 0. The number of thiophene rings is 1. The summed E-state index contributed by atoms with van der Waals surface area (Å²) in [5, 5.41) is 16.0. The Morgan fingerprint density at radius 1 is 1.64 bits per heavy atom. The second-order valence-electron chi connectivity index (χ2n) is 2.97. The third kappa shape index (κ3) is 1.75. The van der Waals surface area contributed by atoms with Gasteiger partial charge in [-0.2, -0.15) is 5.10 Å². The number of nitrogens with zero attached hydrogens (tertiary/aromatic N) is 2. The molecule has 2 aromatic heterocycles. The molecule has 1 unspecified atom stereocenters. The van der Waals surface area contributed by atoms with Crippen molar-refractivity contribution in [1.29, 1.82) is 0 Å². The van der Waals surface area contributed by atoms with E-state index in [2.05, 4.69) is 21.0 Å². The lowest BCUT2D eigenvalue weighted by Gasteiger charge is -2.08. The molecule has 2 heterocycles. The molecule has 5 heteroatoms. The summed E-state index contributed by atoms with van der Waals surface area (Å²) in [6, 6.07) is 3.73. The molecule has 0 amide bonds. The minimum absolute atomic E-state index is 0.593. The first-order chi connectivity index (χ1) is 6.68. The summed E-state index contributed by atoms with van der Waals surface area (Å²) in [5.74, 6) is 0. The average Bonchev–Trinajstić information content (AvgIpc) is 2.73. The van der Waals surface area contributed by atoms with E-state index in [0.717, 1.165) is 15.0 Å². The summed E-state index contributed by atoms with van der Waals surface area (Å²) in [7, 11) is 1.82. The molecule has 0 aliphatic rings. The van der Waals surface area contributed by atoms with Gasteiger partial charge in [0.15, 0.2) is 0 Å². The summed E-state index contributed by atoms with van der Waals surface area (Å²) < 4.78 is 2.70. The van der Waals surface area contributed by atoms with Crippen LogP contribution in [0.3, 0.4) is 0 Å². The Labute approximate surface area is 94.1 Å². The first-order valence-corrected chi connectivity index (χ1v) is 5.75. The highest BCUT2D eigenvalue weighted by Crippen LogP contribution is 2.28. The predicted molar refractivity (Wildman–Crippen MR) is 59.3 cm³/mol. The van der Waals surface area contributed by atoms with Crippen molar-refractivity contribution in [2.24, 2.45) is 7.05 Å². The van der Waals surface area contributed by atoms with Crippen LogP contribution in [0.5, 0.6) is 0 Å². The number of hydrogen-bond acceptors (Lipinski definition) is 3. The van der Waals surface area contributed by atoms with E-state index in [4.69, 9.17) is 0 Å². The van der Waals surface area contributed by atoms with E-state index >= 15 is 0 Å². The van der Waals surface area contributed by atoms with E-state index in [0.29, 0.717) is 0 Å². The minimum atomic E-state index is -0.593. The number of halogens is 1. The van der Waals surface area contributed by atoms with E-state index in [1.165, 1.54) is 0 Å². The molecule has 0 aromatic carbocycles. The van der Waals surface area contributed by atoms with Crippen molar-refractivity contribution >= 4 is 27.3 Å². The van der Waals surface area contributed by atoms with Gasteiger partial charge in [0.05, 0.1) is 9.48 Å². The lowest BCUT2D eigenvalue weighted by molar-refractivity contribution is 0.210. The van der Waals surface area contributed by atoms with Gasteiger partial charge in [0.1, 0.15) is 6.10 Å². The van der Waals surface area contributed by atoms with Gasteiger partial charge >= 0.3 is 0 Å². The summed E-state index contributed by atoms with van der Waals surface area (Å²) in [6.07, 6.45) is 1.09. The second-order valence-corrected chi connectivity index (χ2v) is 5.26. The van der Waals surface area contributed by atoms with Crippen LogP contribution < -0.4 is 0 Å². The van der Waals surface area contributed by atoms with Crippen LogP contribution >= 0.6 is 27.3 Å². The fraction of sp³-hybridized carbons (Fsp3) is 0.222.